The molecule has 16 heavy (non-hydrogen) atoms. The van der Waals surface area contributed by atoms with E-state index in [2.05, 4.69) is 10.2 Å². The van der Waals surface area contributed by atoms with Gasteiger partial charge in [-0.3, -0.25) is 0 Å². The number of aromatic nitrogens is 1. The monoisotopic (exact) mass is 240 g/mol. The minimum absolute atomic E-state index is 0.0856. The lowest BCUT2D eigenvalue weighted by atomic mass is 10.1. The van der Waals surface area contributed by atoms with Crippen LogP contribution >= 0.6 is 11.6 Å². The fraction of sp³-hybridized carbons (Fsp3) is 0.273. The fourth-order valence-corrected chi connectivity index (χ4v) is 1.86. The Morgan fingerprint density at radius 1 is 1.56 bits per heavy atom. The first-order valence-corrected chi connectivity index (χ1v) is 5.27. The molecule has 1 atom stereocenters. The van der Waals surface area contributed by atoms with E-state index < -0.39 is 5.82 Å². The van der Waals surface area contributed by atoms with Gasteiger partial charge in [-0.1, -0.05) is 16.8 Å². The number of aromatic amines is 1. The van der Waals surface area contributed by atoms with E-state index in [1.54, 1.807) is 13.1 Å². The number of H-pyrrole nitrogens is 1. The maximum Gasteiger partial charge on any atom is 0.142 e. The van der Waals surface area contributed by atoms with Gasteiger partial charge in [-0.25, -0.2) is 4.39 Å². The number of hydrogen-bond donors (Lipinski definition) is 1. The van der Waals surface area contributed by atoms with E-state index >= 15 is 0 Å². The summed E-state index contributed by atoms with van der Waals surface area (Å²) in [7, 11) is 0. The van der Waals surface area contributed by atoms with Gasteiger partial charge in [-0.2, -0.15) is 4.91 Å². The lowest BCUT2D eigenvalue weighted by molar-refractivity contribution is 0.630. The zero-order valence-corrected chi connectivity index (χ0v) is 9.38. The smallest absolute Gasteiger partial charge is 0.142 e. The first-order valence-electron chi connectivity index (χ1n) is 4.89. The highest BCUT2D eigenvalue weighted by Crippen LogP contribution is 2.26. The molecule has 5 heteroatoms. The first kappa shape index (κ1) is 11.1. The quantitative estimate of drug-likeness (QED) is 0.818. The Kier molecular flexibility index (Phi) is 2.92. The van der Waals surface area contributed by atoms with E-state index in [4.69, 9.17) is 11.6 Å². The van der Waals surface area contributed by atoms with Crippen LogP contribution in [0.5, 0.6) is 0 Å². The minimum Gasteiger partial charge on any atom is -0.361 e. The van der Waals surface area contributed by atoms with E-state index in [-0.39, 0.29) is 11.1 Å². The summed E-state index contributed by atoms with van der Waals surface area (Å²) < 4.78 is 13.3. The second kappa shape index (κ2) is 4.22. The maximum absolute atomic E-state index is 13.3. The third-order valence-corrected chi connectivity index (χ3v) is 2.79. The van der Waals surface area contributed by atoms with Crippen LogP contribution < -0.4 is 0 Å². The number of nitrogens with zero attached hydrogens (tertiary/aromatic N) is 1. The summed E-state index contributed by atoms with van der Waals surface area (Å²) in [6.07, 6.45) is 2.24. The van der Waals surface area contributed by atoms with Gasteiger partial charge >= 0.3 is 0 Å². The zero-order valence-electron chi connectivity index (χ0n) is 8.63. The third kappa shape index (κ3) is 1.93. The van der Waals surface area contributed by atoms with Crippen molar-refractivity contribution in [1.82, 2.24) is 4.98 Å². The molecular weight excluding hydrogens is 231 g/mol. The Bertz CT molecular complexity index is 538. The molecule has 0 aliphatic rings. The molecule has 0 saturated carbocycles. The van der Waals surface area contributed by atoms with Crippen molar-refractivity contribution in [3.63, 3.8) is 0 Å². The van der Waals surface area contributed by atoms with Crippen molar-refractivity contribution >= 4 is 22.5 Å². The zero-order chi connectivity index (χ0) is 11.7. The molecule has 1 heterocycles. The standard InChI is InChI=1S/C11H10ClFN2O/c1-6(15-16)2-7-5-14-11-4-9(12)10(13)3-8(7)11/h3-6,14H,2H2,1H3/t6-/m0/s1. The molecule has 1 aromatic carbocycles. The largest absolute Gasteiger partial charge is 0.361 e. The number of benzene rings is 1. The van der Waals surface area contributed by atoms with Crippen LogP contribution in [0.1, 0.15) is 12.5 Å². The third-order valence-electron chi connectivity index (χ3n) is 2.50. The second-order valence-corrected chi connectivity index (χ2v) is 4.19. The van der Waals surface area contributed by atoms with Crippen LogP contribution in [0.3, 0.4) is 0 Å². The van der Waals surface area contributed by atoms with Gasteiger partial charge in [-0.15, -0.1) is 0 Å². The van der Waals surface area contributed by atoms with Gasteiger partial charge in [-0.05, 0) is 24.6 Å². The van der Waals surface area contributed by atoms with E-state index in [0.717, 1.165) is 16.5 Å². The Morgan fingerprint density at radius 3 is 3.00 bits per heavy atom. The van der Waals surface area contributed by atoms with Crippen molar-refractivity contribution in [2.24, 2.45) is 5.18 Å². The highest BCUT2D eigenvalue weighted by atomic mass is 35.5. The number of halogens is 2. The van der Waals surface area contributed by atoms with Crippen LogP contribution in [0.2, 0.25) is 5.02 Å². The lowest BCUT2D eigenvalue weighted by Crippen LogP contribution is -2.00. The van der Waals surface area contributed by atoms with Crippen LogP contribution in [0, 0.1) is 10.7 Å². The fourth-order valence-electron chi connectivity index (χ4n) is 1.70. The molecule has 2 aromatic rings. The van der Waals surface area contributed by atoms with Gasteiger partial charge in [0.05, 0.1) is 11.1 Å². The molecule has 0 fully saturated rings. The van der Waals surface area contributed by atoms with Crippen LogP contribution in [0.4, 0.5) is 4.39 Å². The summed E-state index contributed by atoms with van der Waals surface area (Å²) >= 11 is 5.67. The summed E-state index contributed by atoms with van der Waals surface area (Å²) in [5.41, 5.74) is 1.64. The number of nitroso groups, excluding NO2 is 1. The predicted octanol–water partition coefficient (Wildman–Crippen LogP) is 3.66. The van der Waals surface area contributed by atoms with Crippen LogP contribution in [0.15, 0.2) is 23.5 Å². The van der Waals surface area contributed by atoms with Gasteiger partial charge in [0.15, 0.2) is 0 Å². The highest BCUT2D eigenvalue weighted by molar-refractivity contribution is 6.31. The van der Waals surface area contributed by atoms with Crippen LogP contribution in [-0.4, -0.2) is 11.0 Å². The molecule has 1 aromatic heterocycles. The van der Waals surface area contributed by atoms with Gasteiger partial charge in [0.2, 0.25) is 0 Å². The minimum atomic E-state index is -0.457. The summed E-state index contributed by atoms with van der Waals surface area (Å²) in [5, 5.41) is 3.76. The second-order valence-electron chi connectivity index (χ2n) is 3.78. The molecular formula is C11H10ClFN2O. The van der Waals surface area contributed by atoms with E-state index in [0.29, 0.717) is 6.42 Å². The molecule has 0 saturated heterocycles. The van der Waals surface area contributed by atoms with Gasteiger partial charge < -0.3 is 4.98 Å². The number of fused-ring (bicyclic) bond motifs is 1. The van der Waals surface area contributed by atoms with E-state index in [1.165, 1.54) is 12.1 Å². The molecule has 0 unspecified atom stereocenters. The maximum atomic E-state index is 13.3. The average molecular weight is 241 g/mol. The Morgan fingerprint density at radius 2 is 2.31 bits per heavy atom. The summed E-state index contributed by atoms with van der Waals surface area (Å²) in [5.74, 6) is -0.457. The Labute approximate surface area is 96.6 Å². The molecule has 0 spiro atoms. The molecule has 0 aliphatic heterocycles. The van der Waals surface area contributed by atoms with E-state index in [9.17, 15) is 9.30 Å². The van der Waals surface area contributed by atoms with Crippen molar-refractivity contribution in [2.45, 2.75) is 19.4 Å². The van der Waals surface area contributed by atoms with Gasteiger partial charge in [0, 0.05) is 23.5 Å². The van der Waals surface area contributed by atoms with Crippen molar-refractivity contribution < 1.29 is 4.39 Å². The summed E-state index contributed by atoms with van der Waals surface area (Å²) in [6.45, 7) is 1.72. The normalized spacial score (nSPS) is 12.9. The van der Waals surface area contributed by atoms with Gasteiger partial charge in [0.1, 0.15) is 5.82 Å². The van der Waals surface area contributed by atoms with Crippen LogP contribution in [-0.2, 0) is 6.42 Å². The van der Waals surface area contributed by atoms with Crippen molar-refractivity contribution in [2.75, 3.05) is 0 Å². The summed E-state index contributed by atoms with van der Waals surface area (Å²) in [4.78, 5) is 13.3. The SMILES string of the molecule is C[C@@H](Cc1c[nH]c2cc(Cl)c(F)cc12)N=O. The Hall–Kier alpha value is -1.42. The molecule has 0 radical (unpaired) electrons. The number of hydrogen-bond acceptors (Lipinski definition) is 2. The van der Waals surface area contributed by atoms with Crippen molar-refractivity contribution in [3.8, 4) is 0 Å². The molecule has 2 rings (SSSR count). The molecule has 84 valence electrons. The molecule has 0 aliphatic carbocycles. The highest BCUT2D eigenvalue weighted by Gasteiger charge is 2.11. The lowest BCUT2D eigenvalue weighted by Gasteiger charge is -2.01. The van der Waals surface area contributed by atoms with E-state index in [1.807, 2.05) is 0 Å². The number of rotatable bonds is 3. The molecule has 0 bridgehead atoms. The predicted molar refractivity (Wildman–Crippen MR) is 62.2 cm³/mol. The van der Waals surface area contributed by atoms with Crippen molar-refractivity contribution in [3.05, 3.63) is 39.6 Å². The summed E-state index contributed by atoms with van der Waals surface area (Å²) in [6, 6.07) is 2.59. The molecule has 0 amide bonds. The van der Waals surface area contributed by atoms with Crippen molar-refractivity contribution in [1.29, 1.82) is 0 Å². The van der Waals surface area contributed by atoms with Gasteiger partial charge in [0.25, 0.3) is 0 Å². The first-order chi connectivity index (χ1) is 7.61. The molecule has 3 nitrogen and oxygen atoms in total. The number of nitrogens with one attached hydrogen (secondary N) is 1. The molecule has 1 N–H and O–H groups in total. The average Bonchev–Trinajstić information content (AvgIpc) is 2.62. The topological polar surface area (TPSA) is 45.2 Å². The Balaban J connectivity index is 2.47. The van der Waals surface area contributed by atoms with Crippen LogP contribution in [0.25, 0.3) is 10.9 Å².